The second kappa shape index (κ2) is 15.4. The number of rotatable bonds is 7. The van der Waals surface area contributed by atoms with Crippen molar-refractivity contribution in [3.05, 3.63) is 217 Å². The zero-order chi connectivity index (χ0) is 42.7. The first-order chi connectivity index (χ1) is 31.5. The fraction of sp³-hybridized carbons (Fsp3) is 0.0339. The van der Waals surface area contributed by atoms with Gasteiger partial charge in [0.1, 0.15) is 0 Å². The molecular formula is C59H40N4S. The fourth-order valence-corrected chi connectivity index (χ4v) is 10.2. The molecule has 64 heavy (non-hydrogen) atoms. The molecular weight excluding hydrogens is 797 g/mol. The predicted octanol–water partition coefficient (Wildman–Crippen LogP) is 16.0. The van der Waals surface area contributed by atoms with E-state index in [0.29, 0.717) is 17.5 Å². The Morgan fingerprint density at radius 3 is 1.38 bits per heavy atom. The minimum atomic E-state index is 0.607. The molecule has 0 radical (unpaired) electrons. The van der Waals surface area contributed by atoms with Gasteiger partial charge in [0, 0.05) is 47.6 Å². The molecule has 0 aliphatic heterocycles. The Kier molecular flexibility index (Phi) is 9.09. The molecule has 12 rings (SSSR count). The lowest BCUT2D eigenvalue weighted by Gasteiger charge is -2.16. The van der Waals surface area contributed by atoms with Crippen molar-refractivity contribution >= 4 is 53.3 Å². The minimum absolute atomic E-state index is 0.607. The number of aromatic nitrogens is 4. The highest BCUT2D eigenvalue weighted by atomic mass is 32.1. The molecule has 0 fully saturated rings. The summed E-state index contributed by atoms with van der Waals surface area (Å²) in [5, 5.41) is 4.93. The SMILES string of the molecule is Cc1ccc(-c2ccc3c(c2)c2cc(-c4ccc(C)cc4)ccc2n3-c2ccc(-c3ccc4c(c3)sc3ccccc34)cc2-c2nc(-c3ccccc3)nc(-c3ccccc3)n2)cc1. The molecule has 0 bridgehead atoms. The minimum Gasteiger partial charge on any atom is -0.308 e. The van der Waals surface area contributed by atoms with E-state index in [2.05, 4.69) is 188 Å². The van der Waals surface area contributed by atoms with Gasteiger partial charge in [0.2, 0.25) is 0 Å². The summed E-state index contributed by atoms with van der Waals surface area (Å²) in [5.41, 5.74) is 15.4. The lowest BCUT2D eigenvalue weighted by Crippen LogP contribution is -2.04. The van der Waals surface area contributed by atoms with Crippen LogP contribution in [0.2, 0.25) is 0 Å². The van der Waals surface area contributed by atoms with Gasteiger partial charge in [0.05, 0.1) is 16.7 Å². The third-order valence-corrected chi connectivity index (χ3v) is 13.6. The van der Waals surface area contributed by atoms with Crippen LogP contribution >= 0.6 is 11.3 Å². The summed E-state index contributed by atoms with van der Waals surface area (Å²) in [6.45, 7) is 4.27. The van der Waals surface area contributed by atoms with Gasteiger partial charge in [-0.25, -0.2) is 15.0 Å². The third kappa shape index (κ3) is 6.66. The Balaban J connectivity index is 1.14. The fourth-order valence-electron chi connectivity index (χ4n) is 9.06. The first-order valence-electron chi connectivity index (χ1n) is 21.7. The van der Waals surface area contributed by atoms with Gasteiger partial charge in [-0.15, -0.1) is 11.3 Å². The summed E-state index contributed by atoms with van der Waals surface area (Å²) in [7, 11) is 0. The maximum atomic E-state index is 5.33. The maximum absolute atomic E-state index is 5.33. The lowest BCUT2D eigenvalue weighted by molar-refractivity contribution is 1.06. The lowest BCUT2D eigenvalue weighted by atomic mass is 9.99. The molecule has 0 aliphatic carbocycles. The van der Waals surface area contributed by atoms with E-state index in [1.165, 1.54) is 64.3 Å². The number of aryl methyl sites for hydroxylation is 2. The number of fused-ring (bicyclic) bond motifs is 6. The van der Waals surface area contributed by atoms with Crippen molar-refractivity contribution in [3.63, 3.8) is 0 Å². The molecule has 3 aromatic heterocycles. The van der Waals surface area contributed by atoms with E-state index in [-0.39, 0.29) is 0 Å². The zero-order valence-electron chi connectivity index (χ0n) is 35.3. The van der Waals surface area contributed by atoms with E-state index in [1.807, 2.05) is 47.7 Å². The molecule has 0 saturated heterocycles. The second-order valence-corrected chi connectivity index (χ2v) is 17.7. The number of thiophene rings is 1. The average molecular weight is 837 g/mol. The van der Waals surface area contributed by atoms with Crippen molar-refractivity contribution in [2.24, 2.45) is 0 Å². The van der Waals surface area contributed by atoms with E-state index in [1.54, 1.807) is 0 Å². The molecule has 0 saturated carbocycles. The van der Waals surface area contributed by atoms with Gasteiger partial charge in [0.15, 0.2) is 17.5 Å². The highest BCUT2D eigenvalue weighted by Gasteiger charge is 2.22. The molecule has 0 spiro atoms. The van der Waals surface area contributed by atoms with Crippen LogP contribution in [0.15, 0.2) is 206 Å². The number of benzene rings is 9. The van der Waals surface area contributed by atoms with Gasteiger partial charge >= 0.3 is 0 Å². The summed E-state index contributed by atoms with van der Waals surface area (Å²) >= 11 is 1.84. The van der Waals surface area contributed by atoms with Crippen molar-refractivity contribution in [1.29, 1.82) is 0 Å². The van der Waals surface area contributed by atoms with Crippen molar-refractivity contribution in [1.82, 2.24) is 19.5 Å². The Morgan fingerprint density at radius 1 is 0.328 bits per heavy atom. The van der Waals surface area contributed by atoms with Crippen LogP contribution in [0.25, 0.3) is 115 Å². The normalized spacial score (nSPS) is 11.6. The Bertz CT molecular complexity index is 3560. The van der Waals surface area contributed by atoms with Crippen molar-refractivity contribution < 1.29 is 0 Å². The number of nitrogens with zero attached hydrogens (tertiary/aromatic N) is 4. The standard InChI is InChI=1S/C59H40N4S/c1-37-17-21-39(22-18-37)43-26-30-52-49(33-43)50-34-44(40-23-19-38(2)20-24-40)27-31-53(50)63(52)54-32-28-45(46-25-29-48-47-15-9-10-16-55(47)64-56(48)36-46)35-51(54)59-61-57(41-11-5-3-6-12-41)60-58(62-59)42-13-7-4-8-14-42/h3-36H,1-2H3. The van der Waals surface area contributed by atoms with Crippen LogP contribution in [0.4, 0.5) is 0 Å². The van der Waals surface area contributed by atoms with Crippen LogP contribution in [0, 0.1) is 13.8 Å². The van der Waals surface area contributed by atoms with Gasteiger partial charge in [-0.05, 0) is 95.8 Å². The monoisotopic (exact) mass is 836 g/mol. The molecule has 0 aliphatic rings. The molecule has 302 valence electrons. The van der Waals surface area contributed by atoms with Crippen molar-refractivity contribution in [2.45, 2.75) is 13.8 Å². The van der Waals surface area contributed by atoms with E-state index in [0.717, 1.165) is 44.5 Å². The van der Waals surface area contributed by atoms with Crippen LogP contribution in [-0.4, -0.2) is 19.5 Å². The Labute approximate surface area is 375 Å². The topological polar surface area (TPSA) is 43.6 Å². The molecule has 0 unspecified atom stereocenters. The van der Waals surface area contributed by atoms with Gasteiger partial charge in [-0.2, -0.15) is 0 Å². The van der Waals surface area contributed by atoms with Crippen LogP contribution in [0.1, 0.15) is 11.1 Å². The first kappa shape index (κ1) is 37.7. The van der Waals surface area contributed by atoms with Crippen molar-refractivity contribution in [2.75, 3.05) is 0 Å². The Morgan fingerprint density at radius 2 is 0.781 bits per heavy atom. The largest absolute Gasteiger partial charge is 0.308 e. The summed E-state index contributed by atoms with van der Waals surface area (Å²) in [5.74, 6) is 1.86. The smallest absolute Gasteiger partial charge is 0.166 e. The quantitative estimate of drug-likeness (QED) is 0.161. The average Bonchev–Trinajstić information content (AvgIpc) is 3.89. The van der Waals surface area contributed by atoms with Crippen LogP contribution < -0.4 is 0 Å². The Hall–Kier alpha value is -7.99. The summed E-state index contributed by atoms with van der Waals surface area (Å²) in [6, 6.07) is 74.1. The molecule has 5 heteroatoms. The highest BCUT2D eigenvalue weighted by Crippen LogP contribution is 2.42. The number of hydrogen-bond donors (Lipinski definition) is 0. The van der Waals surface area contributed by atoms with E-state index >= 15 is 0 Å². The molecule has 0 N–H and O–H groups in total. The van der Waals surface area contributed by atoms with Crippen LogP contribution in [0.5, 0.6) is 0 Å². The molecule has 0 atom stereocenters. The van der Waals surface area contributed by atoms with Crippen LogP contribution in [-0.2, 0) is 0 Å². The first-order valence-corrected chi connectivity index (χ1v) is 22.5. The van der Waals surface area contributed by atoms with Gasteiger partial charge < -0.3 is 4.57 Å². The summed E-state index contributed by atoms with van der Waals surface area (Å²) < 4.78 is 4.96. The zero-order valence-corrected chi connectivity index (χ0v) is 36.1. The molecule has 12 aromatic rings. The molecule has 9 aromatic carbocycles. The van der Waals surface area contributed by atoms with Crippen LogP contribution in [0.3, 0.4) is 0 Å². The summed E-state index contributed by atoms with van der Waals surface area (Å²) in [6.07, 6.45) is 0. The van der Waals surface area contributed by atoms with Gasteiger partial charge in [-0.1, -0.05) is 169 Å². The molecule has 4 nitrogen and oxygen atoms in total. The number of hydrogen-bond acceptors (Lipinski definition) is 4. The maximum Gasteiger partial charge on any atom is 0.166 e. The molecule has 0 amide bonds. The summed E-state index contributed by atoms with van der Waals surface area (Å²) in [4.78, 5) is 15.8. The second-order valence-electron chi connectivity index (χ2n) is 16.6. The van der Waals surface area contributed by atoms with E-state index in [4.69, 9.17) is 15.0 Å². The highest BCUT2D eigenvalue weighted by molar-refractivity contribution is 7.25. The van der Waals surface area contributed by atoms with Crippen molar-refractivity contribution in [3.8, 4) is 73.2 Å². The predicted molar refractivity (Wildman–Crippen MR) is 269 cm³/mol. The van der Waals surface area contributed by atoms with E-state index in [9.17, 15) is 0 Å². The van der Waals surface area contributed by atoms with E-state index < -0.39 is 0 Å². The van der Waals surface area contributed by atoms with Gasteiger partial charge in [-0.3, -0.25) is 0 Å². The molecule has 3 heterocycles. The van der Waals surface area contributed by atoms with Gasteiger partial charge in [0.25, 0.3) is 0 Å². The third-order valence-electron chi connectivity index (χ3n) is 12.4.